The van der Waals surface area contributed by atoms with Gasteiger partial charge in [0.25, 0.3) is 5.91 Å². The number of rotatable bonds is 1. The second-order valence-electron chi connectivity index (χ2n) is 3.89. The molecule has 0 radical (unpaired) electrons. The van der Waals surface area contributed by atoms with Gasteiger partial charge in [-0.1, -0.05) is 0 Å². The molecule has 2 N–H and O–H groups in total. The van der Waals surface area contributed by atoms with Gasteiger partial charge in [0, 0.05) is 37.1 Å². The number of carbonyl (C=O) groups excluding carboxylic acids is 1. The van der Waals surface area contributed by atoms with E-state index in [1.807, 2.05) is 4.90 Å². The van der Waals surface area contributed by atoms with Gasteiger partial charge in [-0.2, -0.15) is 0 Å². The van der Waals surface area contributed by atoms with Gasteiger partial charge in [0.1, 0.15) is 0 Å². The van der Waals surface area contributed by atoms with Crippen molar-refractivity contribution in [3.63, 3.8) is 0 Å². The summed E-state index contributed by atoms with van der Waals surface area (Å²) in [7, 11) is 0. The lowest BCUT2D eigenvalue weighted by atomic mass is 10.1. The molecule has 15 heavy (non-hydrogen) atoms. The van der Waals surface area contributed by atoms with E-state index in [1.54, 1.807) is 24.5 Å². The number of piperidine rings is 1. The minimum atomic E-state index is 0.0625. The summed E-state index contributed by atoms with van der Waals surface area (Å²) < 4.78 is 0. The maximum atomic E-state index is 12.0. The van der Waals surface area contributed by atoms with E-state index >= 15 is 0 Å². The van der Waals surface area contributed by atoms with Crippen molar-refractivity contribution >= 4 is 5.91 Å². The molecule has 1 saturated heterocycles. The van der Waals surface area contributed by atoms with Gasteiger partial charge in [-0.05, 0) is 25.0 Å². The number of aromatic nitrogens is 1. The lowest BCUT2D eigenvalue weighted by Gasteiger charge is -2.30. The van der Waals surface area contributed by atoms with Crippen LogP contribution in [0, 0.1) is 0 Å². The van der Waals surface area contributed by atoms with Crippen LogP contribution in [0.3, 0.4) is 0 Å². The maximum Gasteiger partial charge on any atom is 0.254 e. The van der Waals surface area contributed by atoms with Crippen LogP contribution in [-0.4, -0.2) is 34.9 Å². The van der Waals surface area contributed by atoms with Gasteiger partial charge < -0.3 is 10.6 Å². The highest BCUT2D eigenvalue weighted by Gasteiger charge is 2.21. The van der Waals surface area contributed by atoms with Crippen molar-refractivity contribution in [1.29, 1.82) is 0 Å². The smallest absolute Gasteiger partial charge is 0.254 e. The molecular formula is C11H15N3O. The van der Waals surface area contributed by atoms with Gasteiger partial charge in [0.2, 0.25) is 0 Å². The number of pyridine rings is 1. The average Bonchev–Trinajstić information content (AvgIpc) is 2.29. The van der Waals surface area contributed by atoms with Crippen LogP contribution in [0.1, 0.15) is 23.2 Å². The van der Waals surface area contributed by atoms with Crippen molar-refractivity contribution < 1.29 is 4.79 Å². The predicted molar refractivity (Wildman–Crippen MR) is 57.3 cm³/mol. The largest absolute Gasteiger partial charge is 0.337 e. The fourth-order valence-corrected chi connectivity index (χ4v) is 1.87. The third-order valence-corrected chi connectivity index (χ3v) is 2.67. The average molecular weight is 205 g/mol. The number of hydrogen-bond acceptors (Lipinski definition) is 3. The highest BCUT2D eigenvalue weighted by Crippen LogP contribution is 2.11. The van der Waals surface area contributed by atoms with Gasteiger partial charge in [-0.15, -0.1) is 0 Å². The number of hydrogen-bond donors (Lipinski definition) is 1. The zero-order chi connectivity index (χ0) is 10.7. The Morgan fingerprint density at radius 2 is 2.20 bits per heavy atom. The minimum Gasteiger partial charge on any atom is -0.337 e. The topological polar surface area (TPSA) is 59.2 Å². The SMILES string of the molecule is NC1CCCN(C(=O)c2ccncc2)C1. The van der Waals surface area contributed by atoms with E-state index in [-0.39, 0.29) is 11.9 Å². The monoisotopic (exact) mass is 205 g/mol. The highest BCUT2D eigenvalue weighted by molar-refractivity contribution is 5.94. The molecule has 4 nitrogen and oxygen atoms in total. The van der Waals surface area contributed by atoms with Crippen LogP contribution in [-0.2, 0) is 0 Å². The van der Waals surface area contributed by atoms with Crippen LogP contribution < -0.4 is 5.73 Å². The molecule has 80 valence electrons. The van der Waals surface area contributed by atoms with Gasteiger partial charge in [-0.3, -0.25) is 9.78 Å². The van der Waals surface area contributed by atoms with Crippen molar-refractivity contribution in [3.05, 3.63) is 30.1 Å². The molecule has 1 aromatic heterocycles. The second kappa shape index (κ2) is 4.40. The zero-order valence-electron chi connectivity index (χ0n) is 8.60. The van der Waals surface area contributed by atoms with Gasteiger partial charge in [0.05, 0.1) is 0 Å². The molecule has 0 saturated carbocycles. The fourth-order valence-electron chi connectivity index (χ4n) is 1.87. The van der Waals surface area contributed by atoms with Gasteiger partial charge >= 0.3 is 0 Å². The third-order valence-electron chi connectivity index (χ3n) is 2.67. The molecule has 0 bridgehead atoms. The summed E-state index contributed by atoms with van der Waals surface area (Å²) in [4.78, 5) is 17.7. The van der Waals surface area contributed by atoms with Gasteiger partial charge in [0.15, 0.2) is 0 Å². The van der Waals surface area contributed by atoms with E-state index in [2.05, 4.69) is 4.98 Å². The first kappa shape index (κ1) is 10.1. The van der Waals surface area contributed by atoms with E-state index in [0.717, 1.165) is 19.4 Å². The molecule has 2 heterocycles. The summed E-state index contributed by atoms with van der Waals surface area (Å²) in [5.41, 5.74) is 6.53. The summed E-state index contributed by atoms with van der Waals surface area (Å²) in [6.07, 6.45) is 5.28. The Balaban J connectivity index is 2.08. The first-order chi connectivity index (χ1) is 7.27. The molecule has 1 aliphatic rings. The van der Waals surface area contributed by atoms with E-state index in [9.17, 15) is 4.79 Å². The van der Waals surface area contributed by atoms with E-state index in [0.29, 0.717) is 12.1 Å². The highest BCUT2D eigenvalue weighted by atomic mass is 16.2. The Morgan fingerprint density at radius 3 is 2.87 bits per heavy atom. The van der Waals surface area contributed by atoms with Crippen LogP contribution in [0.2, 0.25) is 0 Å². The Hall–Kier alpha value is -1.42. The zero-order valence-corrected chi connectivity index (χ0v) is 8.60. The van der Waals surface area contributed by atoms with Crippen LogP contribution in [0.5, 0.6) is 0 Å². The van der Waals surface area contributed by atoms with Crippen molar-refractivity contribution in [1.82, 2.24) is 9.88 Å². The molecule has 0 spiro atoms. The summed E-state index contributed by atoms with van der Waals surface area (Å²) in [5, 5.41) is 0. The molecule has 0 aliphatic carbocycles. The van der Waals surface area contributed by atoms with Crippen LogP contribution in [0.15, 0.2) is 24.5 Å². The van der Waals surface area contributed by atoms with E-state index in [1.165, 1.54) is 0 Å². The van der Waals surface area contributed by atoms with Crippen molar-refractivity contribution in [2.24, 2.45) is 5.73 Å². The lowest BCUT2D eigenvalue weighted by molar-refractivity contribution is 0.0708. The summed E-state index contributed by atoms with van der Waals surface area (Å²) in [6, 6.07) is 3.61. The molecule has 1 aromatic rings. The quantitative estimate of drug-likeness (QED) is 0.732. The van der Waals surface area contributed by atoms with Crippen molar-refractivity contribution in [3.8, 4) is 0 Å². The molecule has 1 amide bonds. The Kier molecular flexibility index (Phi) is 2.97. The number of carbonyl (C=O) groups is 1. The standard InChI is InChI=1S/C11H15N3O/c12-10-2-1-7-14(8-10)11(15)9-3-5-13-6-4-9/h3-6,10H,1-2,7-8,12H2. The lowest BCUT2D eigenvalue weighted by Crippen LogP contribution is -2.45. The molecule has 4 heteroatoms. The normalized spacial score (nSPS) is 21.4. The molecule has 1 unspecified atom stereocenters. The molecule has 1 aliphatic heterocycles. The van der Waals surface area contributed by atoms with Crippen LogP contribution >= 0.6 is 0 Å². The Morgan fingerprint density at radius 1 is 1.47 bits per heavy atom. The number of likely N-dealkylation sites (tertiary alicyclic amines) is 1. The van der Waals surface area contributed by atoms with E-state index < -0.39 is 0 Å². The summed E-state index contributed by atoms with van der Waals surface area (Å²) in [5.74, 6) is 0.0625. The minimum absolute atomic E-state index is 0.0625. The number of nitrogens with zero attached hydrogens (tertiary/aromatic N) is 2. The molecule has 1 fully saturated rings. The number of amides is 1. The fraction of sp³-hybridized carbons (Fsp3) is 0.455. The van der Waals surface area contributed by atoms with Crippen molar-refractivity contribution in [2.75, 3.05) is 13.1 Å². The maximum absolute atomic E-state index is 12.0. The third kappa shape index (κ3) is 2.33. The molecular weight excluding hydrogens is 190 g/mol. The van der Waals surface area contributed by atoms with E-state index in [4.69, 9.17) is 5.73 Å². The molecule has 2 rings (SSSR count). The van der Waals surface area contributed by atoms with Crippen LogP contribution in [0.4, 0.5) is 0 Å². The van der Waals surface area contributed by atoms with Crippen molar-refractivity contribution in [2.45, 2.75) is 18.9 Å². The van der Waals surface area contributed by atoms with Crippen LogP contribution in [0.25, 0.3) is 0 Å². The first-order valence-electron chi connectivity index (χ1n) is 5.22. The Labute approximate surface area is 89.1 Å². The summed E-state index contributed by atoms with van der Waals surface area (Å²) >= 11 is 0. The summed E-state index contributed by atoms with van der Waals surface area (Å²) in [6.45, 7) is 1.48. The van der Waals surface area contributed by atoms with Gasteiger partial charge in [-0.25, -0.2) is 0 Å². The molecule has 1 atom stereocenters. The molecule has 0 aromatic carbocycles. The number of nitrogens with two attached hydrogens (primary N) is 1. The Bertz CT molecular complexity index is 339. The first-order valence-corrected chi connectivity index (χ1v) is 5.22. The second-order valence-corrected chi connectivity index (χ2v) is 3.89. The predicted octanol–water partition coefficient (Wildman–Crippen LogP) is 0.645.